The molecular formula is C57H107NO6Si. The Kier molecular flexibility index (Phi) is 39.9. The lowest BCUT2D eigenvalue weighted by atomic mass is 10.0. The number of unbranched alkanes of at least 4 members (excludes halogenated alkanes) is 24. The Morgan fingerprint density at radius 1 is 0.523 bits per heavy atom. The van der Waals surface area contributed by atoms with Gasteiger partial charge in [-0.2, -0.15) is 0 Å². The average Bonchev–Trinajstić information content (AvgIpc) is 3.27. The minimum Gasteiger partial charge on any atom is -0.466 e. The Morgan fingerprint density at radius 2 is 0.969 bits per heavy atom. The highest BCUT2D eigenvalue weighted by Gasteiger charge is 2.37. The third-order valence-electron chi connectivity index (χ3n) is 13.8. The molecule has 0 aliphatic rings. The van der Waals surface area contributed by atoms with Gasteiger partial charge in [0.25, 0.3) is 0 Å². The van der Waals surface area contributed by atoms with E-state index < -0.39 is 8.32 Å². The maximum atomic E-state index is 13.0. The monoisotopic (exact) mass is 930 g/mol. The summed E-state index contributed by atoms with van der Waals surface area (Å²) in [5, 5.41) is 0.221. The number of nitrogens with zero attached hydrogens (tertiary/aromatic N) is 1. The first-order chi connectivity index (χ1) is 31.5. The molecule has 1 atom stereocenters. The number of carbonyl (C=O) groups is 2. The van der Waals surface area contributed by atoms with Gasteiger partial charge in [0.15, 0.2) is 8.32 Å². The molecule has 0 amide bonds. The fourth-order valence-electron chi connectivity index (χ4n) is 8.28. The van der Waals surface area contributed by atoms with Crippen LogP contribution in [-0.4, -0.2) is 70.7 Å². The van der Waals surface area contributed by atoms with Gasteiger partial charge in [0.2, 0.25) is 0 Å². The number of rotatable bonds is 47. The van der Waals surface area contributed by atoms with Crippen molar-refractivity contribution in [3.63, 3.8) is 0 Å². The summed E-state index contributed by atoms with van der Waals surface area (Å²) in [5.74, 6) is -0.000148. The summed E-state index contributed by atoms with van der Waals surface area (Å²) in [6.07, 6.45) is 37.9. The number of esters is 2. The minimum absolute atomic E-state index is 0.0168. The van der Waals surface area contributed by atoms with Crippen molar-refractivity contribution in [2.75, 3.05) is 39.5 Å². The molecule has 0 radical (unpaired) electrons. The molecule has 8 heteroatoms. The first-order valence-electron chi connectivity index (χ1n) is 27.8. The lowest BCUT2D eigenvalue weighted by molar-refractivity contribution is -0.150. The molecule has 0 heterocycles. The van der Waals surface area contributed by atoms with Crippen molar-refractivity contribution in [3.8, 4) is 0 Å². The fraction of sp³-hybridized carbons (Fsp3) is 0.860. The van der Waals surface area contributed by atoms with Crippen molar-refractivity contribution in [3.05, 3.63) is 35.9 Å². The summed E-state index contributed by atoms with van der Waals surface area (Å²) < 4.78 is 24.1. The van der Waals surface area contributed by atoms with Gasteiger partial charge in [0, 0.05) is 32.6 Å². The third-order valence-corrected chi connectivity index (χ3v) is 18.3. The Morgan fingerprint density at radius 3 is 1.49 bits per heavy atom. The highest BCUT2D eigenvalue weighted by molar-refractivity contribution is 6.74. The second-order valence-electron chi connectivity index (χ2n) is 20.9. The van der Waals surface area contributed by atoms with Crippen molar-refractivity contribution in [1.29, 1.82) is 0 Å². The van der Waals surface area contributed by atoms with E-state index in [0.29, 0.717) is 26.1 Å². The van der Waals surface area contributed by atoms with E-state index >= 15 is 0 Å². The standard InChI is InChI=1S/C57H107NO6Si/c1-8-10-12-14-17-28-39-50-62-55(59)44-34-23-19-25-36-46-58(48-51-63-65(6,7)57(3,4)5)47-37-26-20-24-35-45-56(60)64-54(42-32-21-15-13-11-9-2)43-33-22-16-18-27-38-49-61-52-53-40-30-29-31-41-53/h29-31,40-41,54H,8-28,32-39,42-52H2,1-7H3. The van der Waals surface area contributed by atoms with Crippen molar-refractivity contribution < 1.29 is 28.2 Å². The number of hydrogen-bond acceptors (Lipinski definition) is 7. The molecule has 380 valence electrons. The van der Waals surface area contributed by atoms with Gasteiger partial charge >= 0.3 is 11.9 Å². The quantitative estimate of drug-likeness (QED) is 0.0366. The summed E-state index contributed by atoms with van der Waals surface area (Å²) in [6, 6.07) is 10.4. The topological polar surface area (TPSA) is 74.3 Å². The van der Waals surface area contributed by atoms with E-state index in [0.717, 1.165) is 90.6 Å². The predicted octanol–water partition coefficient (Wildman–Crippen LogP) is 16.9. The molecule has 0 N–H and O–H groups in total. The normalized spacial score (nSPS) is 12.6. The Hall–Kier alpha value is -1.74. The zero-order valence-electron chi connectivity index (χ0n) is 44.1. The Labute approximate surface area is 404 Å². The zero-order chi connectivity index (χ0) is 47.5. The van der Waals surface area contributed by atoms with Gasteiger partial charge in [0.05, 0.1) is 13.2 Å². The maximum absolute atomic E-state index is 13.0. The lowest BCUT2D eigenvalue weighted by Gasteiger charge is -2.37. The van der Waals surface area contributed by atoms with Crippen LogP contribution in [0.5, 0.6) is 0 Å². The average molecular weight is 931 g/mol. The summed E-state index contributed by atoms with van der Waals surface area (Å²) in [4.78, 5) is 27.8. The second kappa shape index (κ2) is 42.4. The van der Waals surface area contributed by atoms with E-state index in [-0.39, 0.29) is 23.1 Å². The summed E-state index contributed by atoms with van der Waals surface area (Å²) in [6.45, 7) is 22.3. The molecule has 0 saturated heterocycles. The molecule has 7 nitrogen and oxygen atoms in total. The smallest absolute Gasteiger partial charge is 0.306 e. The van der Waals surface area contributed by atoms with E-state index in [9.17, 15) is 9.59 Å². The summed E-state index contributed by atoms with van der Waals surface area (Å²) >= 11 is 0. The second-order valence-corrected chi connectivity index (χ2v) is 25.8. The minimum atomic E-state index is -1.77. The highest BCUT2D eigenvalue weighted by atomic mass is 28.4. The maximum Gasteiger partial charge on any atom is 0.306 e. The van der Waals surface area contributed by atoms with Crippen LogP contribution >= 0.6 is 0 Å². The van der Waals surface area contributed by atoms with Gasteiger partial charge in [-0.15, -0.1) is 0 Å². The molecular weight excluding hydrogens is 823 g/mol. The molecule has 0 aliphatic carbocycles. The molecule has 1 rings (SSSR count). The first-order valence-corrected chi connectivity index (χ1v) is 30.7. The van der Waals surface area contributed by atoms with Crippen molar-refractivity contribution in [2.24, 2.45) is 0 Å². The van der Waals surface area contributed by atoms with E-state index in [1.165, 1.54) is 147 Å². The van der Waals surface area contributed by atoms with Crippen LogP contribution in [-0.2, 0) is 34.8 Å². The Balaban J connectivity index is 2.34. The highest BCUT2D eigenvalue weighted by Crippen LogP contribution is 2.36. The van der Waals surface area contributed by atoms with Crippen molar-refractivity contribution in [1.82, 2.24) is 4.90 Å². The van der Waals surface area contributed by atoms with Gasteiger partial charge in [-0.25, -0.2) is 0 Å². The molecule has 0 fully saturated rings. The van der Waals surface area contributed by atoms with Crippen LogP contribution in [0.2, 0.25) is 18.1 Å². The molecule has 1 unspecified atom stereocenters. The van der Waals surface area contributed by atoms with Gasteiger partial charge in [-0.1, -0.05) is 200 Å². The predicted molar refractivity (Wildman–Crippen MR) is 280 cm³/mol. The van der Waals surface area contributed by atoms with E-state index in [1.54, 1.807) is 0 Å². The largest absolute Gasteiger partial charge is 0.466 e. The van der Waals surface area contributed by atoms with Gasteiger partial charge in [-0.05, 0) is 101 Å². The summed E-state index contributed by atoms with van der Waals surface area (Å²) in [7, 11) is -1.77. The zero-order valence-corrected chi connectivity index (χ0v) is 45.1. The first kappa shape index (κ1) is 61.3. The van der Waals surface area contributed by atoms with Gasteiger partial charge in [-0.3, -0.25) is 9.59 Å². The number of hydrogen-bond donors (Lipinski definition) is 0. The van der Waals surface area contributed by atoms with Crippen LogP contribution in [0.25, 0.3) is 0 Å². The third kappa shape index (κ3) is 37.9. The van der Waals surface area contributed by atoms with Gasteiger partial charge in [0.1, 0.15) is 6.10 Å². The molecule has 0 aromatic heterocycles. The Bertz CT molecular complexity index is 1210. The van der Waals surface area contributed by atoms with Crippen LogP contribution in [0.4, 0.5) is 0 Å². The van der Waals surface area contributed by atoms with Crippen molar-refractivity contribution in [2.45, 2.75) is 277 Å². The van der Waals surface area contributed by atoms with Crippen LogP contribution < -0.4 is 0 Å². The molecule has 0 spiro atoms. The van der Waals surface area contributed by atoms with Crippen LogP contribution in [0.1, 0.15) is 252 Å². The number of carbonyl (C=O) groups excluding carboxylic acids is 2. The summed E-state index contributed by atoms with van der Waals surface area (Å²) in [5.41, 5.74) is 1.24. The van der Waals surface area contributed by atoms with E-state index in [2.05, 4.69) is 76.9 Å². The van der Waals surface area contributed by atoms with Gasteiger partial charge < -0.3 is 23.5 Å². The van der Waals surface area contributed by atoms with Crippen LogP contribution in [0.15, 0.2) is 30.3 Å². The van der Waals surface area contributed by atoms with Crippen LogP contribution in [0, 0.1) is 0 Å². The molecule has 1 aromatic rings. The molecule has 0 bridgehead atoms. The number of benzene rings is 1. The molecule has 0 saturated carbocycles. The lowest BCUT2D eigenvalue weighted by Crippen LogP contribution is -2.43. The van der Waals surface area contributed by atoms with Crippen LogP contribution in [0.3, 0.4) is 0 Å². The molecule has 1 aromatic carbocycles. The SMILES string of the molecule is CCCCCCCCCOC(=O)CCCCCCCN(CCCCCCCC(=O)OC(CCCCCCCC)CCCCCCCCOCc1ccccc1)CCO[Si](C)(C)C(C)(C)C. The fourth-order valence-corrected chi connectivity index (χ4v) is 9.31. The molecule has 65 heavy (non-hydrogen) atoms. The van der Waals surface area contributed by atoms with E-state index in [1.807, 2.05) is 6.07 Å². The molecule has 0 aliphatic heterocycles. The van der Waals surface area contributed by atoms with Crippen molar-refractivity contribution >= 4 is 20.3 Å². The number of ether oxygens (including phenoxy) is 3. The van der Waals surface area contributed by atoms with E-state index in [4.69, 9.17) is 18.6 Å².